The zero-order valence-corrected chi connectivity index (χ0v) is 8.14. The Morgan fingerprint density at radius 1 is 1.50 bits per heavy atom. The molecule has 2 fully saturated rings. The van der Waals surface area contributed by atoms with E-state index in [1.165, 1.54) is 0 Å². The van der Waals surface area contributed by atoms with Gasteiger partial charge in [-0.15, -0.1) is 0 Å². The van der Waals surface area contributed by atoms with E-state index in [1.807, 2.05) is 0 Å². The number of fused-ring (bicyclic) bond motifs is 1. The summed E-state index contributed by atoms with van der Waals surface area (Å²) in [6, 6.07) is 0. The van der Waals surface area contributed by atoms with Gasteiger partial charge in [0.25, 0.3) is 0 Å². The van der Waals surface area contributed by atoms with E-state index in [9.17, 15) is 4.21 Å². The first kappa shape index (κ1) is 8.94. The minimum absolute atomic E-state index is 0.0854. The number of hydrogen-bond acceptors (Lipinski definition) is 3. The van der Waals surface area contributed by atoms with E-state index in [2.05, 4.69) is 0 Å². The minimum Gasteiger partial charge on any atom is -0.378 e. The Morgan fingerprint density at radius 2 is 2.33 bits per heavy atom. The molecule has 0 amide bonds. The Kier molecular flexibility index (Phi) is 2.69. The third-order valence-corrected chi connectivity index (χ3v) is 3.40. The topological polar surface area (TPSA) is 35.5 Å². The van der Waals surface area contributed by atoms with Crippen LogP contribution < -0.4 is 0 Å². The van der Waals surface area contributed by atoms with E-state index in [0.717, 1.165) is 13.0 Å². The average Bonchev–Trinajstić information content (AvgIpc) is 2.43. The van der Waals surface area contributed by atoms with Gasteiger partial charge in [0.05, 0.1) is 31.2 Å². The SMILES string of the molecule is O=S(Cl)CC1C[C@H]2COC[C@H]2O1. The Hall–Kier alpha value is 0.360. The lowest BCUT2D eigenvalue weighted by Crippen LogP contribution is -2.17. The molecule has 2 heterocycles. The first-order valence-electron chi connectivity index (χ1n) is 4.03. The van der Waals surface area contributed by atoms with Gasteiger partial charge in [-0.2, -0.15) is 0 Å². The molecular formula is C7H11ClO3S. The molecule has 0 bridgehead atoms. The van der Waals surface area contributed by atoms with Gasteiger partial charge in [-0.1, -0.05) is 0 Å². The summed E-state index contributed by atoms with van der Waals surface area (Å²) >= 11 is 0. The van der Waals surface area contributed by atoms with Crippen LogP contribution in [0.2, 0.25) is 0 Å². The summed E-state index contributed by atoms with van der Waals surface area (Å²) in [5.41, 5.74) is 0. The van der Waals surface area contributed by atoms with Crippen LogP contribution in [0.1, 0.15) is 6.42 Å². The van der Waals surface area contributed by atoms with Crippen molar-refractivity contribution in [1.29, 1.82) is 0 Å². The summed E-state index contributed by atoms with van der Waals surface area (Å²) < 4.78 is 21.5. The summed E-state index contributed by atoms with van der Waals surface area (Å²) in [7, 11) is 4.12. The predicted octanol–water partition coefficient (Wildman–Crippen LogP) is 0.693. The van der Waals surface area contributed by atoms with E-state index in [4.69, 9.17) is 20.2 Å². The van der Waals surface area contributed by atoms with Crippen LogP contribution in [0.15, 0.2) is 0 Å². The van der Waals surface area contributed by atoms with Crippen molar-refractivity contribution in [2.45, 2.75) is 18.6 Å². The van der Waals surface area contributed by atoms with Crippen LogP contribution in [0.3, 0.4) is 0 Å². The third-order valence-electron chi connectivity index (χ3n) is 2.39. The molecule has 4 atom stereocenters. The van der Waals surface area contributed by atoms with Crippen LogP contribution in [-0.2, 0) is 19.5 Å². The molecule has 0 aromatic carbocycles. The smallest absolute Gasteiger partial charge is 0.117 e. The van der Waals surface area contributed by atoms with Crippen LogP contribution in [0.25, 0.3) is 0 Å². The van der Waals surface area contributed by atoms with Gasteiger partial charge in [0, 0.05) is 5.92 Å². The molecule has 0 aromatic rings. The fraction of sp³-hybridized carbons (Fsp3) is 1.00. The number of ether oxygens (including phenoxy) is 2. The predicted molar refractivity (Wildman–Crippen MR) is 46.4 cm³/mol. The van der Waals surface area contributed by atoms with Gasteiger partial charge >= 0.3 is 0 Å². The summed E-state index contributed by atoms with van der Waals surface area (Å²) in [5.74, 6) is 0.962. The average molecular weight is 211 g/mol. The van der Waals surface area contributed by atoms with Crippen LogP contribution in [0.4, 0.5) is 0 Å². The fourth-order valence-electron chi connectivity index (χ4n) is 1.84. The van der Waals surface area contributed by atoms with E-state index >= 15 is 0 Å². The Morgan fingerprint density at radius 3 is 3.00 bits per heavy atom. The maximum absolute atomic E-state index is 10.7. The maximum atomic E-state index is 10.7. The fourth-order valence-corrected chi connectivity index (χ4v) is 2.77. The maximum Gasteiger partial charge on any atom is 0.117 e. The van der Waals surface area contributed by atoms with Gasteiger partial charge in [-0.25, -0.2) is 4.21 Å². The lowest BCUT2D eigenvalue weighted by Gasteiger charge is -2.08. The van der Waals surface area contributed by atoms with Gasteiger partial charge in [-0.3, -0.25) is 0 Å². The summed E-state index contributed by atoms with van der Waals surface area (Å²) in [4.78, 5) is 0. The molecule has 2 aliphatic heterocycles. The monoisotopic (exact) mass is 210 g/mol. The zero-order chi connectivity index (χ0) is 8.55. The molecule has 0 aromatic heterocycles. The Labute approximate surface area is 78.3 Å². The highest BCUT2D eigenvalue weighted by molar-refractivity contribution is 8.08. The highest BCUT2D eigenvalue weighted by Crippen LogP contribution is 2.31. The quantitative estimate of drug-likeness (QED) is 0.630. The molecular weight excluding hydrogens is 200 g/mol. The summed E-state index contributed by atoms with van der Waals surface area (Å²) in [5, 5.41) is 0. The lowest BCUT2D eigenvalue weighted by atomic mass is 10.0. The minimum atomic E-state index is -1.26. The van der Waals surface area contributed by atoms with Crippen LogP contribution in [-0.4, -0.2) is 35.4 Å². The van der Waals surface area contributed by atoms with Crippen LogP contribution >= 0.6 is 10.7 Å². The number of halogens is 1. The van der Waals surface area contributed by atoms with Crippen molar-refractivity contribution in [1.82, 2.24) is 0 Å². The summed E-state index contributed by atoms with van der Waals surface area (Å²) in [6.07, 6.45) is 1.26. The third kappa shape index (κ3) is 1.82. The molecule has 2 rings (SSSR count). The summed E-state index contributed by atoms with van der Waals surface area (Å²) in [6.45, 7) is 1.48. The molecule has 5 heteroatoms. The molecule has 0 aliphatic carbocycles. The lowest BCUT2D eigenvalue weighted by molar-refractivity contribution is 0.0304. The first-order chi connectivity index (χ1) is 5.75. The van der Waals surface area contributed by atoms with Crippen molar-refractivity contribution in [3.63, 3.8) is 0 Å². The van der Waals surface area contributed by atoms with Crippen molar-refractivity contribution < 1.29 is 13.7 Å². The molecule has 2 aliphatic rings. The normalized spacial score (nSPS) is 42.9. The highest BCUT2D eigenvalue weighted by atomic mass is 35.7. The van der Waals surface area contributed by atoms with Crippen LogP contribution in [0.5, 0.6) is 0 Å². The molecule has 0 saturated carbocycles. The molecule has 0 radical (unpaired) electrons. The van der Waals surface area contributed by atoms with Gasteiger partial charge in [-0.05, 0) is 17.1 Å². The van der Waals surface area contributed by atoms with E-state index in [-0.39, 0.29) is 12.2 Å². The van der Waals surface area contributed by atoms with Gasteiger partial charge in [0.1, 0.15) is 10.0 Å². The molecule has 0 spiro atoms. The van der Waals surface area contributed by atoms with Crippen molar-refractivity contribution in [2.24, 2.45) is 5.92 Å². The Balaban J connectivity index is 1.86. The second kappa shape index (κ2) is 3.62. The van der Waals surface area contributed by atoms with Crippen molar-refractivity contribution in [3.05, 3.63) is 0 Å². The standard InChI is InChI=1S/C7H11ClO3S/c8-12(9)4-6-1-5-2-10-3-7(5)11-6/h5-7H,1-4H2/t5-,6?,7+,12?/m0/s1. The van der Waals surface area contributed by atoms with E-state index in [0.29, 0.717) is 18.3 Å². The number of rotatable bonds is 2. The van der Waals surface area contributed by atoms with Crippen molar-refractivity contribution in [3.8, 4) is 0 Å². The second-order valence-corrected chi connectivity index (χ2v) is 5.23. The largest absolute Gasteiger partial charge is 0.378 e. The molecule has 2 saturated heterocycles. The van der Waals surface area contributed by atoms with Crippen molar-refractivity contribution >= 4 is 20.7 Å². The highest BCUT2D eigenvalue weighted by Gasteiger charge is 2.39. The van der Waals surface area contributed by atoms with Gasteiger partial charge in [0.15, 0.2) is 0 Å². The zero-order valence-electron chi connectivity index (χ0n) is 6.57. The van der Waals surface area contributed by atoms with Crippen LogP contribution in [0, 0.1) is 5.92 Å². The second-order valence-electron chi connectivity index (χ2n) is 3.29. The molecule has 2 unspecified atom stereocenters. The van der Waals surface area contributed by atoms with Gasteiger partial charge in [0.2, 0.25) is 0 Å². The van der Waals surface area contributed by atoms with Gasteiger partial charge < -0.3 is 9.47 Å². The van der Waals surface area contributed by atoms with E-state index < -0.39 is 10.0 Å². The Bertz CT molecular complexity index is 187. The van der Waals surface area contributed by atoms with E-state index in [1.54, 1.807) is 0 Å². The molecule has 12 heavy (non-hydrogen) atoms. The van der Waals surface area contributed by atoms with Crippen molar-refractivity contribution in [2.75, 3.05) is 19.0 Å². The molecule has 0 N–H and O–H groups in total. The number of hydrogen-bond donors (Lipinski definition) is 0. The molecule has 3 nitrogen and oxygen atoms in total. The first-order valence-corrected chi connectivity index (χ1v) is 6.18. The molecule has 70 valence electrons.